The van der Waals surface area contributed by atoms with Gasteiger partial charge in [0.25, 0.3) is 5.91 Å². The highest BCUT2D eigenvalue weighted by Gasteiger charge is 2.35. The van der Waals surface area contributed by atoms with Gasteiger partial charge in [-0.1, -0.05) is 25.3 Å². The molecule has 0 aliphatic heterocycles. The van der Waals surface area contributed by atoms with E-state index in [9.17, 15) is 20.0 Å². The third-order valence-electron chi connectivity index (χ3n) is 4.71. The first-order chi connectivity index (χ1) is 13.7. The number of amides is 1. The molecule has 3 heterocycles. The van der Waals surface area contributed by atoms with Gasteiger partial charge in [0.1, 0.15) is 17.5 Å². The number of hydrogen-bond donors (Lipinski definition) is 4. The Bertz CT molecular complexity index is 1220. The molecule has 0 unspecified atom stereocenters. The maximum atomic E-state index is 13.1. The second kappa shape index (κ2) is 6.48. The fraction of sp³-hybridized carbons (Fsp3) is 0.421. The summed E-state index contributed by atoms with van der Waals surface area (Å²) in [7, 11) is 0. The smallest absolute Gasteiger partial charge is 0.378 e. The highest BCUT2D eigenvalue weighted by Crippen LogP contribution is 2.23. The zero-order valence-electron chi connectivity index (χ0n) is 16.4. The van der Waals surface area contributed by atoms with Crippen LogP contribution in [0.3, 0.4) is 0 Å². The predicted molar refractivity (Wildman–Crippen MR) is 102 cm³/mol. The maximum absolute atomic E-state index is 13.1. The lowest BCUT2D eigenvalue weighted by molar-refractivity contribution is -0.692. The summed E-state index contributed by atoms with van der Waals surface area (Å²) >= 11 is 0. The number of nitriles is 1. The highest BCUT2D eigenvalue weighted by atomic mass is 16.3. The fourth-order valence-corrected chi connectivity index (χ4v) is 3.23. The Hall–Kier alpha value is -3.61. The number of aromatic nitrogens is 5. The summed E-state index contributed by atoms with van der Waals surface area (Å²) in [5.41, 5.74) is 0.330. The molecular formula is C19H22N7O3+. The molecule has 0 radical (unpaired) electrons. The fourth-order valence-electron chi connectivity index (χ4n) is 3.23. The molecule has 1 aliphatic carbocycles. The van der Waals surface area contributed by atoms with E-state index < -0.39 is 11.5 Å². The highest BCUT2D eigenvalue weighted by molar-refractivity contribution is 5.96. The second-order valence-electron chi connectivity index (χ2n) is 8.53. The van der Waals surface area contributed by atoms with Gasteiger partial charge in [-0.15, -0.1) is 0 Å². The van der Waals surface area contributed by atoms with Crippen molar-refractivity contribution in [2.24, 2.45) is 5.41 Å². The van der Waals surface area contributed by atoms with E-state index in [0.717, 1.165) is 12.8 Å². The third kappa shape index (κ3) is 3.35. The number of fused-ring (bicyclic) bond motifs is 1. The minimum atomic E-state index is -0.662. The molecule has 3 aromatic heterocycles. The van der Waals surface area contributed by atoms with Crippen LogP contribution in [0.5, 0.6) is 5.88 Å². The molecule has 4 N–H and O–H groups in total. The van der Waals surface area contributed by atoms with Gasteiger partial charge in [-0.25, -0.2) is 9.89 Å². The summed E-state index contributed by atoms with van der Waals surface area (Å²) in [5.74, 6) is -0.971. The lowest BCUT2D eigenvalue weighted by Crippen LogP contribution is -2.47. The summed E-state index contributed by atoms with van der Waals surface area (Å²) in [5, 5.41) is 32.4. The second-order valence-corrected chi connectivity index (χ2v) is 8.53. The van der Waals surface area contributed by atoms with Crippen LogP contribution in [0.2, 0.25) is 0 Å². The van der Waals surface area contributed by atoms with Crippen molar-refractivity contribution >= 4 is 11.6 Å². The number of H-pyrrole nitrogens is 2. The SMILES string of the molecule is CC(C)(C)C[n+]1c(O)c(C(=O)NC2CC2)c(=O)n2[nH]c(-c3[nH]ncc3C#N)cc21. The monoisotopic (exact) mass is 396 g/mol. The van der Waals surface area contributed by atoms with E-state index in [4.69, 9.17) is 0 Å². The van der Waals surface area contributed by atoms with Crippen LogP contribution in [0.25, 0.3) is 17.0 Å². The Morgan fingerprint density at radius 3 is 2.83 bits per heavy atom. The number of aromatic amines is 2. The van der Waals surface area contributed by atoms with Gasteiger partial charge in [0.05, 0.1) is 24.4 Å². The first kappa shape index (κ1) is 18.7. The van der Waals surface area contributed by atoms with Crippen molar-refractivity contribution < 1.29 is 14.5 Å². The van der Waals surface area contributed by atoms with Gasteiger partial charge in [0, 0.05) is 6.04 Å². The lowest BCUT2D eigenvalue weighted by Gasteiger charge is -2.17. The van der Waals surface area contributed by atoms with Crippen LogP contribution in [0.1, 0.15) is 49.5 Å². The van der Waals surface area contributed by atoms with E-state index in [-0.39, 0.29) is 22.9 Å². The standard InChI is InChI=1S/C19H21N7O3/c1-19(2,3)9-25-13-6-12(15-10(7-20)8-21-23-15)24-26(13)18(29)14(17(25)28)16(27)22-11-4-5-11/h6,8,11H,4-5,9H2,1-3H3,(H3,21,22,23,24,27,28,29)/p+1. The average Bonchev–Trinajstić information content (AvgIpc) is 3.16. The van der Waals surface area contributed by atoms with Gasteiger partial charge < -0.3 is 10.4 Å². The number of carbonyl (C=O) groups is 1. The normalized spacial score (nSPS) is 14.1. The van der Waals surface area contributed by atoms with E-state index >= 15 is 0 Å². The van der Waals surface area contributed by atoms with Crippen LogP contribution >= 0.6 is 0 Å². The van der Waals surface area contributed by atoms with Gasteiger partial charge >= 0.3 is 17.1 Å². The van der Waals surface area contributed by atoms with Gasteiger partial charge in [0.15, 0.2) is 0 Å². The summed E-state index contributed by atoms with van der Waals surface area (Å²) in [4.78, 5) is 25.7. The summed E-state index contributed by atoms with van der Waals surface area (Å²) in [6, 6.07) is 3.72. The number of carbonyl (C=O) groups excluding carboxylic acids is 1. The molecule has 0 spiro atoms. The molecular weight excluding hydrogens is 374 g/mol. The summed E-state index contributed by atoms with van der Waals surface area (Å²) in [6.45, 7) is 6.32. The zero-order chi connectivity index (χ0) is 20.9. The minimum absolute atomic E-state index is 0.0421. The Morgan fingerprint density at radius 2 is 2.21 bits per heavy atom. The van der Waals surface area contributed by atoms with Crippen molar-refractivity contribution in [1.82, 2.24) is 25.1 Å². The van der Waals surface area contributed by atoms with E-state index in [0.29, 0.717) is 29.1 Å². The van der Waals surface area contributed by atoms with Crippen LogP contribution in [0.15, 0.2) is 17.1 Å². The van der Waals surface area contributed by atoms with E-state index in [2.05, 4.69) is 20.6 Å². The zero-order valence-corrected chi connectivity index (χ0v) is 16.4. The molecule has 10 nitrogen and oxygen atoms in total. The third-order valence-corrected chi connectivity index (χ3v) is 4.71. The first-order valence-corrected chi connectivity index (χ1v) is 9.35. The molecule has 4 rings (SSSR count). The molecule has 1 amide bonds. The molecule has 0 aromatic carbocycles. The van der Waals surface area contributed by atoms with E-state index in [1.807, 2.05) is 26.8 Å². The largest absolute Gasteiger partial charge is 0.477 e. The molecule has 1 aliphatic rings. The average molecular weight is 396 g/mol. The number of rotatable bonds is 4. The Kier molecular flexibility index (Phi) is 4.19. The van der Waals surface area contributed by atoms with E-state index in [1.165, 1.54) is 15.3 Å². The number of nitrogens with one attached hydrogen (secondary N) is 3. The number of hydrogen-bond acceptors (Lipinski definition) is 5. The van der Waals surface area contributed by atoms with Crippen molar-refractivity contribution in [3.8, 4) is 23.3 Å². The Morgan fingerprint density at radius 1 is 1.48 bits per heavy atom. The molecule has 3 aromatic rings. The lowest BCUT2D eigenvalue weighted by atomic mass is 9.96. The summed E-state index contributed by atoms with van der Waals surface area (Å²) in [6.07, 6.45) is 3.11. The van der Waals surface area contributed by atoms with Crippen molar-refractivity contribution in [2.45, 2.75) is 46.2 Å². The maximum Gasteiger partial charge on any atom is 0.378 e. The van der Waals surface area contributed by atoms with Crippen LogP contribution < -0.4 is 15.4 Å². The number of nitrogens with zero attached hydrogens (tertiary/aromatic N) is 4. The molecule has 0 bridgehead atoms. The van der Waals surface area contributed by atoms with Crippen LogP contribution in [0.4, 0.5) is 0 Å². The molecule has 0 saturated heterocycles. The Balaban J connectivity index is 1.97. The molecule has 10 heteroatoms. The molecule has 1 fully saturated rings. The molecule has 29 heavy (non-hydrogen) atoms. The van der Waals surface area contributed by atoms with Gasteiger partial charge in [-0.05, 0) is 18.3 Å². The quantitative estimate of drug-likeness (QED) is 0.483. The minimum Gasteiger partial charge on any atom is -0.477 e. The van der Waals surface area contributed by atoms with Crippen molar-refractivity contribution in [2.75, 3.05) is 0 Å². The van der Waals surface area contributed by atoms with Crippen LogP contribution in [-0.4, -0.2) is 36.9 Å². The van der Waals surface area contributed by atoms with Gasteiger partial charge in [0.2, 0.25) is 5.56 Å². The molecule has 1 saturated carbocycles. The van der Waals surface area contributed by atoms with Crippen molar-refractivity contribution in [1.29, 1.82) is 5.26 Å². The van der Waals surface area contributed by atoms with Crippen molar-refractivity contribution in [3.63, 3.8) is 0 Å². The van der Waals surface area contributed by atoms with Gasteiger partial charge in [-0.2, -0.15) is 14.9 Å². The number of aromatic hydroxyl groups is 1. The van der Waals surface area contributed by atoms with Crippen LogP contribution in [0, 0.1) is 16.7 Å². The molecule has 150 valence electrons. The van der Waals surface area contributed by atoms with Crippen LogP contribution in [-0.2, 0) is 6.54 Å². The van der Waals surface area contributed by atoms with Gasteiger partial charge in [-0.3, -0.25) is 9.89 Å². The Labute approximate surface area is 165 Å². The summed E-state index contributed by atoms with van der Waals surface area (Å²) < 4.78 is 2.75. The van der Waals surface area contributed by atoms with Crippen molar-refractivity contribution in [3.05, 3.63) is 33.7 Å². The topological polar surface area (TPSA) is 143 Å². The molecule has 0 atom stereocenters. The first-order valence-electron chi connectivity index (χ1n) is 9.35. The predicted octanol–water partition coefficient (Wildman–Crippen LogP) is 0.821. The van der Waals surface area contributed by atoms with E-state index in [1.54, 1.807) is 6.07 Å².